The molecule has 1 aromatic carbocycles. The molecular formula is C10H10Cl2N2S. The smallest absolute Gasteiger partial charge is 0.114 e. The van der Waals surface area contributed by atoms with Crippen LogP contribution in [0.3, 0.4) is 0 Å². The molecule has 0 spiro atoms. The van der Waals surface area contributed by atoms with E-state index in [1.165, 1.54) is 0 Å². The third kappa shape index (κ3) is 2.41. The second kappa shape index (κ2) is 4.64. The van der Waals surface area contributed by atoms with Crippen LogP contribution in [0, 0.1) is 0 Å². The lowest BCUT2D eigenvalue weighted by molar-refractivity contribution is 0.952. The van der Waals surface area contributed by atoms with Crippen LogP contribution >= 0.6 is 35.8 Å². The molecule has 0 aliphatic carbocycles. The van der Waals surface area contributed by atoms with Gasteiger partial charge >= 0.3 is 0 Å². The summed E-state index contributed by atoms with van der Waals surface area (Å²) in [6, 6.07) is 5.51. The predicted molar refractivity (Wildman–Crippen MR) is 68.5 cm³/mol. The molecule has 5 heteroatoms. The van der Waals surface area contributed by atoms with E-state index in [9.17, 15) is 0 Å². The number of rotatable bonds is 2. The first-order valence-corrected chi connectivity index (χ1v) is 5.87. The molecule has 1 unspecified atom stereocenters. The predicted octanol–water partition coefficient (Wildman–Crippen LogP) is 2.97. The maximum absolute atomic E-state index is 5.94. The molecule has 1 N–H and O–H groups in total. The quantitative estimate of drug-likeness (QED) is 0.786. The zero-order valence-electron chi connectivity index (χ0n) is 7.87. The van der Waals surface area contributed by atoms with Crippen molar-refractivity contribution in [2.75, 3.05) is 13.1 Å². The maximum atomic E-state index is 5.94. The highest BCUT2D eigenvalue weighted by Crippen LogP contribution is 2.29. The summed E-state index contributed by atoms with van der Waals surface area (Å²) in [4.78, 5) is 4.32. The van der Waals surface area contributed by atoms with Gasteiger partial charge in [-0.15, -0.1) is 0 Å². The van der Waals surface area contributed by atoms with Crippen molar-refractivity contribution in [3.05, 3.63) is 33.8 Å². The lowest BCUT2D eigenvalue weighted by Crippen LogP contribution is -2.22. The fourth-order valence-electron chi connectivity index (χ4n) is 1.44. The van der Waals surface area contributed by atoms with Gasteiger partial charge in [-0.3, -0.25) is 4.99 Å². The Kier molecular flexibility index (Phi) is 3.44. The molecule has 1 heterocycles. The lowest BCUT2D eigenvalue weighted by Gasteiger charge is -2.12. The van der Waals surface area contributed by atoms with Crippen molar-refractivity contribution < 1.29 is 0 Å². The lowest BCUT2D eigenvalue weighted by atomic mass is 10.1. The Hall–Kier alpha value is -0.380. The maximum Gasteiger partial charge on any atom is 0.114 e. The Balaban J connectivity index is 2.25. The van der Waals surface area contributed by atoms with E-state index in [4.69, 9.17) is 23.2 Å². The van der Waals surface area contributed by atoms with E-state index < -0.39 is 0 Å². The molecule has 0 fully saturated rings. The van der Waals surface area contributed by atoms with E-state index in [2.05, 4.69) is 22.9 Å². The summed E-state index contributed by atoms with van der Waals surface area (Å²) in [6.45, 7) is 1.70. The highest BCUT2D eigenvalue weighted by molar-refractivity contribution is 7.81. The van der Waals surface area contributed by atoms with Crippen LogP contribution in [-0.4, -0.2) is 18.9 Å². The van der Waals surface area contributed by atoms with Gasteiger partial charge in [0.05, 0.1) is 21.8 Å². The molecule has 1 aliphatic heterocycles. The van der Waals surface area contributed by atoms with E-state index in [-0.39, 0.29) is 5.25 Å². The van der Waals surface area contributed by atoms with Crippen LogP contribution in [0.15, 0.2) is 23.2 Å². The number of hydrogen-bond acceptors (Lipinski definition) is 3. The Morgan fingerprint density at radius 2 is 2.13 bits per heavy atom. The normalized spacial score (nSPS) is 17.1. The highest BCUT2D eigenvalue weighted by atomic mass is 35.5. The largest absolute Gasteiger partial charge is 0.371 e. The first kappa shape index (κ1) is 11.1. The van der Waals surface area contributed by atoms with Crippen molar-refractivity contribution in [1.29, 1.82) is 0 Å². The Labute approximate surface area is 104 Å². The van der Waals surface area contributed by atoms with Crippen LogP contribution in [0.5, 0.6) is 0 Å². The van der Waals surface area contributed by atoms with Gasteiger partial charge in [0, 0.05) is 6.54 Å². The van der Waals surface area contributed by atoms with E-state index in [0.717, 1.165) is 24.5 Å². The van der Waals surface area contributed by atoms with Gasteiger partial charge in [-0.25, -0.2) is 0 Å². The number of aliphatic imine (C=N–C) groups is 1. The summed E-state index contributed by atoms with van der Waals surface area (Å²) in [6.07, 6.45) is 0. The minimum atomic E-state index is -0.0535. The van der Waals surface area contributed by atoms with Crippen LogP contribution in [0.2, 0.25) is 10.0 Å². The Morgan fingerprint density at radius 3 is 2.73 bits per heavy atom. The van der Waals surface area contributed by atoms with Gasteiger partial charge in [0.2, 0.25) is 0 Å². The molecule has 0 bridgehead atoms. The number of amidine groups is 1. The van der Waals surface area contributed by atoms with Crippen LogP contribution in [0.1, 0.15) is 10.8 Å². The van der Waals surface area contributed by atoms with Crippen LogP contribution in [0.4, 0.5) is 0 Å². The van der Waals surface area contributed by atoms with Gasteiger partial charge < -0.3 is 5.32 Å². The second-order valence-electron chi connectivity index (χ2n) is 3.27. The molecule has 0 saturated heterocycles. The van der Waals surface area contributed by atoms with Crippen molar-refractivity contribution in [2.45, 2.75) is 5.25 Å². The van der Waals surface area contributed by atoms with E-state index in [1.807, 2.05) is 12.1 Å². The number of nitrogens with zero attached hydrogens (tertiary/aromatic N) is 1. The van der Waals surface area contributed by atoms with Gasteiger partial charge in [-0.1, -0.05) is 29.3 Å². The second-order valence-corrected chi connectivity index (χ2v) is 4.60. The van der Waals surface area contributed by atoms with Crippen LogP contribution in [-0.2, 0) is 0 Å². The van der Waals surface area contributed by atoms with Crippen molar-refractivity contribution in [3.63, 3.8) is 0 Å². The molecule has 0 radical (unpaired) electrons. The van der Waals surface area contributed by atoms with Gasteiger partial charge in [0.15, 0.2) is 0 Å². The average Bonchev–Trinajstić information content (AvgIpc) is 2.74. The minimum Gasteiger partial charge on any atom is -0.371 e. The summed E-state index contributed by atoms with van der Waals surface area (Å²) in [7, 11) is 0. The molecule has 1 aliphatic rings. The van der Waals surface area contributed by atoms with Crippen LogP contribution in [0.25, 0.3) is 0 Å². The molecule has 0 amide bonds. The molecule has 1 atom stereocenters. The summed E-state index contributed by atoms with van der Waals surface area (Å²) in [5.41, 5.74) is 1.00. The Bertz CT molecular complexity index is 406. The van der Waals surface area contributed by atoms with Crippen molar-refractivity contribution in [1.82, 2.24) is 5.32 Å². The molecule has 2 nitrogen and oxygen atoms in total. The SMILES string of the molecule is SC(C1=NCCN1)c1ccc(Cl)c(Cl)c1. The van der Waals surface area contributed by atoms with Crippen molar-refractivity contribution >= 4 is 41.7 Å². The van der Waals surface area contributed by atoms with E-state index in [1.54, 1.807) is 6.07 Å². The molecule has 80 valence electrons. The molecule has 1 aromatic rings. The first-order valence-electron chi connectivity index (χ1n) is 4.59. The van der Waals surface area contributed by atoms with Gasteiger partial charge in [-0.05, 0) is 17.7 Å². The zero-order chi connectivity index (χ0) is 10.8. The standard InChI is InChI=1S/C10H10Cl2N2S/c11-7-2-1-6(5-8(7)12)9(15)10-13-3-4-14-10/h1-2,5,9,15H,3-4H2,(H,13,14). The molecule has 0 saturated carbocycles. The monoisotopic (exact) mass is 260 g/mol. The summed E-state index contributed by atoms with van der Waals surface area (Å²) < 4.78 is 0. The first-order chi connectivity index (χ1) is 7.18. The van der Waals surface area contributed by atoms with E-state index in [0.29, 0.717) is 10.0 Å². The fraction of sp³-hybridized carbons (Fsp3) is 0.300. The average molecular weight is 261 g/mol. The van der Waals surface area contributed by atoms with Crippen molar-refractivity contribution in [2.24, 2.45) is 4.99 Å². The molecule has 0 aromatic heterocycles. The third-order valence-electron chi connectivity index (χ3n) is 2.22. The number of hydrogen-bond donors (Lipinski definition) is 2. The highest BCUT2D eigenvalue weighted by Gasteiger charge is 2.17. The zero-order valence-corrected chi connectivity index (χ0v) is 10.3. The summed E-state index contributed by atoms with van der Waals surface area (Å²) >= 11 is 16.3. The molecular weight excluding hydrogens is 251 g/mol. The van der Waals surface area contributed by atoms with Gasteiger partial charge in [-0.2, -0.15) is 12.6 Å². The fourth-order valence-corrected chi connectivity index (χ4v) is 2.08. The number of thiol groups is 1. The summed E-state index contributed by atoms with van der Waals surface area (Å²) in [5, 5.41) is 4.24. The summed E-state index contributed by atoms with van der Waals surface area (Å²) in [5.74, 6) is 0.900. The molecule has 15 heavy (non-hydrogen) atoms. The van der Waals surface area contributed by atoms with E-state index >= 15 is 0 Å². The number of halogens is 2. The minimum absolute atomic E-state index is 0.0535. The third-order valence-corrected chi connectivity index (χ3v) is 3.50. The molecule has 2 rings (SSSR count). The van der Waals surface area contributed by atoms with Gasteiger partial charge in [0.1, 0.15) is 5.84 Å². The number of nitrogens with one attached hydrogen (secondary N) is 1. The van der Waals surface area contributed by atoms with Crippen molar-refractivity contribution in [3.8, 4) is 0 Å². The van der Waals surface area contributed by atoms with Gasteiger partial charge in [0.25, 0.3) is 0 Å². The Morgan fingerprint density at radius 1 is 1.33 bits per heavy atom. The number of benzene rings is 1. The van der Waals surface area contributed by atoms with Crippen LogP contribution < -0.4 is 5.32 Å². The topological polar surface area (TPSA) is 24.4 Å².